The molecular formula is C23H24N2O4S. The van der Waals surface area contributed by atoms with Crippen LogP contribution in [0.5, 0.6) is 0 Å². The monoisotopic (exact) mass is 424 g/mol. The van der Waals surface area contributed by atoms with E-state index in [1.165, 1.54) is 11.4 Å². The van der Waals surface area contributed by atoms with Crippen molar-refractivity contribution in [1.82, 2.24) is 0 Å². The Labute approximate surface area is 177 Å². The molecule has 156 valence electrons. The number of nitrogens with one attached hydrogen (secondary N) is 1. The summed E-state index contributed by atoms with van der Waals surface area (Å²) in [7, 11) is -0.574. The molecule has 0 saturated carbocycles. The number of aryl methyl sites for hydroxylation is 1. The van der Waals surface area contributed by atoms with Crippen LogP contribution in [0.2, 0.25) is 0 Å². The Bertz CT molecular complexity index is 1120. The van der Waals surface area contributed by atoms with Gasteiger partial charge < -0.3 is 10.1 Å². The summed E-state index contributed by atoms with van der Waals surface area (Å²) in [6.07, 6.45) is 0. The number of sulfonamides is 1. The van der Waals surface area contributed by atoms with Crippen molar-refractivity contribution in [2.45, 2.75) is 18.4 Å². The van der Waals surface area contributed by atoms with Gasteiger partial charge in [0.15, 0.2) is 0 Å². The highest BCUT2D eigenvalue weighted by Gasteiger charge is 2.21. The van der Waals surface area contributed by atoms with E-state index in [1.54, 1.807) is 61.7 Å². The van der Waals surface area contributed by atoms with Gasteiger partial charge in [-0.05, 0) is 61.0 Å². The number of nitrogens with zero attached hydrogens (tertiary/aromatic N) is 1. The molecule has 0 aliphatic carbocycles. The van der Waals surface area contributed by atoms with Gasteiger partial charge in [-0.15, -0.1) is 0 Å². The Kier molecular flexibility index (Phi) is 6.54. The normalized spacial score (nSPS) is 11.2. The van der Waals surface area contributed by atoms with Gasteiger partial charge in [0.25, 0.3) is 15.9 Å². The first-order valence-electron chi connectivity index (χ1n) is 9.36. The Hall–Kier alpha value is -3.16. The molecule has 6 nitrogen and oxygen atoms in total. The number of hydrogen-bond acceptors (Lipinski definition) is 4. The Morgan fingerprint density at radius 2 is 1.67 bits per heavy atom. The Balaban J connectivity index is 1.74. The van der Waals surface area contributed by atoms with Crippen LogP contribution in [0, 0.1) is 6.92 Å². The maximum absolute atomic E-state index is 12.8. The fourth-order valence-electron chi connectivity index (χ4n) is 2.94. The standard InChI is InChI=1S/C23H24N2O4S/c1-17-7-13-22(14-8-17)30(27,28)25(2)21-11-9-19(10-12-21)23(26)24-20-6-4-5-18(15-20)16-29-3/h4-15H,16H2,1-3H3,(H,24,26). The molecule has 0 atom stereocenters. The van der Waals surface area contributed by atoms with E-state index in [9.17, 15) is 13.2 Å². The number of benzene rings is 3. The molecule has 0 bridgehead atoms. The number of methoxy groups -OCH3 is 1. The summed E-state index contributed by atoms with van der Waals surface area (Å²) in [6, 6.07) is 20.5. The lowest BCUT2D eigenvalue weighted by Gasteiger charge is -2.20. The number of amides is 1. The third-order valence-corrected chi connectivity index (χ3v) is 6.47. The minimum Gasteiger partial charge on any atom is -0.380 e. The number of ether oxygens (including phenoxy) is 1. The summed E-state index contributed by atoms with van der Waals surface area (Å²) in [5, 5.41) is 2.84. The van der Waals surface area contributed by atoms with Crippen molar-refractivity contribution < 1.29 is 17.9 Å². The molecule has 0 fully saturated rings. The van der Waals surface area contributed by atoms with Crippen LogP contribution < -0.4 is 9.62 Å². The van der Waals surface area contributed by atoms with E-state index in [0.29, 0.717) is 23.5 Å². The van der Waals surface area contributed by atoms with Gasteiger partial charge in [-0.1, -0.05) is 29.8 Å². The average molecular weight is 425 g/mol. The fraction of sp³-hybridized carbons (Fsp3) is 0.174. The van der Waals surface area contributed by atoms with E-state index in [-0.39, 0.29) is 10.8 Å². The van der Waals surface area contributed by atoms with Crippen molar-refractivity contribution in [3.63, 3.8) is 0 Å². The molecule has 3 aromatic rings. The highest BCUT2D eigenvalue weighted by molar-refractivity contribution is 7.92. The molecule has 0 aliphatic rings. The summed E-state index contributed by atoms with van der Waals surface area (Å²) in [4.78, 5) is 12.8. The van der Waals surface area contributed by atoms with Gasteiger partial charge in [0.2, 0.25) is 0 Å². The van der Waals surface area contributed by atoms with E-state index < -0.39 is 10.0 Å². The summed E-state index contributed by atoms with van der Waals surface area (Å²) >= 11 is 0. The molecule has 1 N–H and O–H groups in total. The molecule has 30 heavy (non-hydrogen) atoms. The van der Waals surface area contributed by atoms with Gasteiger partial charge in [-0.2, -0.15) is 0 Å². The van der Waals surface area contributed by atoms with Gasteiger partial charge in [-0.3, -0.25) is 9.10 Å². The van der Waals surface area contributed by atoms with Crippen molar-refractivity contribution in [2.75, 3.05) is 23.8 Å². The minimum atomic E-state index is -3.68. The van der Waals surface area contributed by atoms with Crippen molar-refractivity contribution in [3.8, 4) is 0 Å². The largest absolute Gasteiger partial charge is 0.380 e. The molecule has 0 aliphatic heterocycles. The summed E-state index contributed by atoms with van der Waals surface area (Å²) < 4.78 is 32.0. The first kappa shape index (κ1) is 21.5. The molecular weight excluding hydrogens is 400 g/mol. The number of carbonyl (C=O) groups excluding carboxylic acids is 1. The SMILES string of the molecule is COCc1cccc(NC(=O)c2ccc(N(C)S(=O)(=O)c3ccc(C)cc3)cc2)c1. The van der Waals surface area contributed by atoms with Crippen LogP contribution in [-0.2, 0) is 21.4 Å². The highest BCUT2D eigenvalue weighted by atomic mass is 32.2. The predicted octanol–water partition coefficient (Wildman–Crippen LogP) is 4.22. The maximum Gasteiger partial charge on any atom is 0.264 e. The lowest BCUT2D eigenvalue weighted by Crippen LogP contribution is -2.26. The third-order valence-electron chi connectivity index (χ3n) is 4.67. The van der Waals surface area contributed by atoms with Crippen LogP contribution in [0.3, 0.4) is 0 Å². The van der Waals surface area contributed by atoms with Crippen LogP contribution in [0.4, 0.5) is 11.4 Å². The number of hydrogen-bond donors (Lipinski definition) is 1. The predicted molar refractivity (Wildman–Crippen MR) is 118 cm³/mol. The summed E-state index contributed by atoms with van der Waals surface area (Å²) in [5.41, 5.74) is 3.50. The molecule has 0 spiro atoms. The van der Waals surface area contributed by atoms with E-state index in [1.807, 2.05) is 25.1 Å². The topological polar surface area (TPSA) is 75.7 Å². The van der Waals surface area contributed by atoms with Crippen LogP contribution >= 0.6 is 0 Å². The molecule has 7 heteroatoms. The third kappa shape index (κ3) is 4.87. The second-order valence-electron chi connectivity index (χ2n) is 6.92. The quantitative estimate of drug-likeness (QED) is 0.616. The van der Waals surface area contributed by atoms with Gasteiger partial charge >= 0.3 is 0 Å². The van der Waals surface area contributed by atoms with Gasteiger partial charge in [-0.25, -0.2) is 8.42 Å². The molecule has 3 aromatic carbocycles. The zero-order chi connectivity index (χ0) is 21.7. The number of anilines is 2. The molecule has 0 unspecified atom stereocenters. The smallest absolute Gasteiger partial charge is 0.264 e. The van der Waals surface area contributed by atoms with Gasteiger partial charge in [0, 0.05) is 25.4 Å². The van der Waals surface area contributed by atoms with Gasteiger partial charge in [0.05, 0.1) is 17.2 Å². The van der Waals surface area contributed by atoms with Crippen LogP contribution in [-0.4, -0.2) is 28.5 Å². The summed E-state index contributed by atoms with van der Waals surface area (Å²) in [6.45, 7) is 2.36. The molecule has 0 aromatic heterocycles. The first-order chi connectivity index (χ1) is 14.3. The van der Waals surface area contributed by atoms with Crippen LogP contribution in [0.25, 0.3) is 0 Å². The number of rotatable bonds is 7. The Morgan fingerprint density at radius 3 is 2.30 bits per heavy atom. The average Bonchev–Trinajstić information content (AvgIpc) is 2.74. The maximum atomic E-state index is 12.8. The second kappa shape index (κ2) is 9.11. The van der Waals surface area contributed by atoms with Crippen molar-refractivity contribution in [1.29, 1.82) is 0 Å². The fourth-order valence-corrected chi connectivity index (χ4v) is 4.13. The molecule has 1 amide bonds. The van der Waals surface area contributed by atoms with E-state index in [4.69, 9.17) is 4.74 Å². The number of carbonyl (C=O) groups is 1. The van der Waals surface area contributed by atoms with E-state index >= 15 is 0 Å². The van der Waals surface area contributed by atoms with Crippen LogP contribution in [0.1, 0.15) is 21.5 Å². The molecule has 0 radical (unpaired) electrons. The van der Waals surface area contributed by atoms with E-state index in [2.05, 4.69) is 5.32 Å². The zero-order valence-corrected chi connectivity index (χ0v) is 17.9. The van der Waals surface area contributed by atoms with Crippen molar-refractivity contribution in [3.05, 3.63) is 89.5 Å². The van der Waals surface area contributed by atoms with Crippen molar-refractivity contribution in [2.24, 2.45) is 0 Å². The lowest BCUT2D eigenvalue weighted by molar-refractivity contribution is 0.102. The second-order valence-corrected chi connectivity index (χ2v) is 8.89. The van der Waals surface area contributed by atoms with Crippen molar-refractivity contribution >= 4 is 27.3 Å². The summed E-state index contributed by atoms with van der Waals surface area (Å²) in [5.74, 6) is -0.278. The first-order valence-corrected chi connectivity index (χ1v) is 10.8. The highest BCUT2D eigenvalue weighted by Crippen LogP contribution is 2.23. The lowest BCUT2D eigenvalue weighted by atomic mass is 10.1. The molecule has 0 saturated heterocycles. The Morgan fingerprint density at radius 1 is 1.00 bits per heavy atom. The van der Waals surface area contributed by atoms with Gasteiger partial charge in [0.1, 0.15) is 0 Å². The minimum absolute atomic E-state index is 0.216. The van der Waals surface area contributed by atoms with Crippen LogP contribution in [0.15, 0.2) is 77.7 Å². The molecule has 3 rings (SSSR count). The van der Waals surface area contributed by atoms with E-state index in [0.717, 1.165) is 11.1 Å². The molecule has 0 heterocycles. The zero-order valence-electron chi connectivity index (χ0n) is 17.1.